The van der Waals surface area contributed by atoms with E-state index in [9.17, 15) is 18.0 Å². The molecule has 28 heavy (non-hydrogen) atoms. The molecule has 1 aromatic carbocycles. The minimum absolute atomic E-state index is 0.250. The highest BCUT2D eigenvalue weighted by atomic mass is 32.2. The lowest BCUT2D eigenvalue weighted by Crippen LogP contribution is -2.42. The van der Waals surface area contributed by atoms with Crippen LogP contribution < -0.4 is 5.32 Å². The van der Waals surface area contributed by atoms with Gasteiger partial charge in [0, 0.05) is 25.4 Å². The molecule has 1 saturated heterocycles. The first-order valence-corrected chi connectivity index (χ1v) is 10.3. The number of nitrogens with one attached hydrogen (secondary N) is 1. The maximum absolute atomic E-state index is 13.0. The van der Waals surface area contributed by atoms with Crippen LogP contribution >= 0.6 is 11.8 Å². The summed E-state index contributed by atoms with van der Waals surface area (Å²) in [4.78, 5) is 23.0. The van der Waals surface area contributed by atoms with Crippen molar-refractivity contribution in [3.05, 3.63) is 35.4 Å². The van der Waals surface area contributed by atoms with Crippen molar-refractivity contribution in [3.8, 4) is 0 Å². The molecule has 1 aromatic rings. The Kier molecular flexibility index (Phi) is 11.0. The van der Waals surface area contributed by atoms with Crippen LogP contribution in [0.2, 0.25) is 0 Å². The van der Waals surface area contributed by atoms with Crippen molar-refractivity contribution in [2.24, 2.45) is 5.92 Å². The van der Waals surface area contributed by atoms with Gasteiger partial charge in [-0.2, -0.15) is 24.9 Å². The highest BCUT2D eigenvalue weighted by molar-refractivity contribution is 7.99. The average Bonchev–Trinajstić information content (AvgIpc) is 2.67. The van der Waals surface area contributed by atoms with Crippen molar-refractivity contribution in [2.75, 3.05) is 37.7 Å². The Hall–Kier alpha value is -1.74. The van der Waals surface area contributed by atoms with Gasteiger partial charge in [0.25, 0.3) is 12.4 Å². The van der Waals surface area contributed by atoms with Gasteiger partial charge in [-0.1, -0.05) is 19.1 Å². The van der Waals surface area contributed by atoms with Gasteiger partial charge in [-0.25, -0.2) is 0 Å². The molecule has 1 aliphatic rings. The van der Waals surface area contributed by atoms with Crippen LogP contribution in [0.4, 0.5) is 13.2 Å². The molecule has 0 aromatic heterocycles. The van der Waals surface area contributed by atoms with Crippen LogP contribution in [0.3, 0.4) is 0 Å². The molecule has 1 unspecified atom stereocenters. The minimum Gasteiger partial charge on any atom is -0.483 e. The summed E-state index contributed by atoms with van der Waals surface area (Å²) in [5.41, 5.74) is -1.18. The van der Waals surface area contributed by atoms with Gasteiger partial charge < -0.3 is 15.3 Å². The summed E-state index contributed by atoms with van der Waals surface area (Å²) in [5, 5.41) is 9.59. The predicted octanol–water partition coefficient (Wildman–Crippen LogP) is 3.60. The number of alkyl halides is 3. The van der Waals surface area contributed by atoms with Gasteiger partial charge in [0.15, 0.2) is 0 Å². The third-order valence-electron chi connectivity index (χ3n) is 4.39. The number of thioether (sulfide) groups is 1. The van der Waals surface area contributed by atoms with Crippen molar-refractivity contribution in [1.29, 1.82) is 0 Å². The van der Waals surface area contributed by atoms with Gasteiger partial charge in [0.05, 0.1) is 11.1 Å². The lowest BCUT2D eigenvalue weighted by atomic mass is 9.97. The summed E-state index contributed by atoms with van der Waals surface area (Å²) in [6.45, 7) is 5.29. The van der Waals surface area contributed by atoms with Crippen molar-refractivity contribution >= 4 is 24.1 Å². The first-order chi connectivity index (χ1) is 13.3. The van der Waals surface area contributed by atoms with Gasteiger partial charge in [-0.05, 0) is 43.2 Å². The van der Waals surface area contributed by atoms with E-state index in [1.807, 2.05) is 11.8 Å². The molecule has 1 aliphatic heterocycles. The lowest BCUT2D eigenvalue weighted by Gasteiger charge is -2.32. The van der Waals surface area contributed by atoms with Gasteiger partial charge in [0.1, 0.15) is 0 Å². The van der Waals surface area contributed by atoms with Crippen LogP contribution in [0.5, 0.6) is 0 Å². The molecule has 0 aliphatic carbocycles. The quantitative estimate of drug-likeness (QED) is 0.521. The maximum Gasteiger partial charge on any atom is 0.417 e. The molecule has 2 rings (SSSR count). The zero-order valence-corrected chi connectivity index (χ0v) is 16.7. The van der Waals surface area contributed by atoms with Crippen LogP contribution in [0, 0.1) is 5.92 Å². The molecule has 0 bridgehead atoms. The third-order valence-corrected chi connectivity index (χ3v) is 5.27. The van der Waals surface area contributed by atoms with Gasteiger partial charge in [-0.3, -0.25) is 9.59 Å². The monoisotopic (exact) mass is 420 g/mol. The van der Waals surface area contributed by atoms with Crippen LogP contribution in [-0.2, 0) is 11.0 Å². The summed E-state index contributed by atoms with van der Waals surface area (Å²) >= 11 is 1.90. The van der Waals surface area contributed by atoms with Crippen LogP contribution in [0.15, 0.2) is 24.3 Å². The van der Waals surface area contributed by atoms with Gasteiger partial charge in [0.2, 0.25) is 0 Å². The molecule has 1 fully saturated rings. The number of carboxylic acid groups (broad SMARTS) is 1. The van der Waals surface area contributed by atoms with E-state index in [-0.39, 0.29) is 12.0 Å². The largest absolute Gasteiger partial charge is 0.483 e. The lowest BCUT2D eigenvalue weighted by molar-refractivity contribution is -0.138. The average molecular weight is 420 g/mol. The molecular weight excluding hydrogens is 393 g/mol. The fraction of sp³-hybridized carbons (Fsp3) is 0.579. The van der Waals surface area contributed by atoms with Crippen LogP contribution in [0.1, 0.15) is 35.7 Å². The van der Waals surface area contributed by atoms with Crippen molar-refractivity contribution < 1.29 is 27.9 Å². The van der Waals surface area contributed by atoms with E-state index in [2.05, 4.69) is 17.1 Å². The van der Waals surface area contributed by atoms with Gasteiger partial charge >= 0.3 is 6.18 Å². The fourth-order valence-corrected chi connectivity index (χ4v) is 3.80. The molecule has 5 nitrogen and oxygen atoms in total. The summed E-state index contributed by atoms with van der Waals surface area (Å²) in [7, 11) is 0. The van der Waals surface area contributed by atoms with Gasteiger partial charge in [-0.15, -0.1) is 0 Å². The second kappa shape index (κ2) is 12.7. The van der Waals surface area contributed by atoms with E-state index >= 15 is 0 Å². The molecule has 9 heteroatoms. The second-order valence-corrected chi connectivity index (χ2v) is 7.76. The Bertz CT molecular complexity index is 614. The topological polar surface area (TPSA) is 69.6 Å². The first-order valence-electron chi connectivity index (χ1n) is 9.15. The van der Waals surface area contributed by atoms with Crippen molar-refractivity contribution in [1.82, 2.24) is 10.2 Å². The summed E-state index contributed by atoms with van der Waals surface area (Å²) < 4.78 is 39.0. The molecule has 0 saturated carbocycles. The Morgan fingerprint density at radius 2 is 2.07 bits per heavy atom. The summed E-state index contributed by atoms with van der Waals surface area (Å²) in [5.74, 6) is 1.84. The molecule has 2 N–H and O–H groups in total. The maximum atomic E-state index is 13.0. The predicted molar refractivity (Wildman–Crippen MR) is 105 cm³/mol. The van der Waals surface area contributed by atoms with Crippen LogP contribution in [0.25, 0.3) is 0 Å². The highest BCUT2D eigenvalue weighted by Crippen LogP contribution is 2.31. The Morgan fingerprint density at radius 1 is 1.39 bits per heavy atom. The number of likely N-dealkylation sites (tertiary alicyclic amines) is 1. The van der Waals surface area contributed by atoms with E-state index < -0.39 is 17.6 Å². The number of piperidine rings is 1. The minimum atomic E-state index is -4.52. The van der Waals surface area contributed by atoms with Crippen molar-refractivity contribution in [2.45, 2.75) is 25.9 Å². The van der Waals surface area contributed by atoms with Crippen molar-refractivity contribution in [3.63, 3.8) is 0 Å². The summed E-state index contributed by atoms with van der Waals surface area (Å²) in [6, 6.07) is 4.93. The fourth-order valence-electron chi connectivity index (χ4n) is 3.12. The number of rotatable bonds is 7. The number of benzene rings is 1. The number of carbonyl (C=O) groups excluding carboxylic acids is 1. The Morgan fingerprint density at radius 3 is 2.71 bits per heavy atom. The molecular formula is C19H27F3N2O3S. The zero-order valence-electron chi connectivity index (χ0n) is 15.9. The van der Waals surface area contributed by atoms with E-state index in [0.29, 0.717) is 12.5 Å². The smallest absolute Gasteiger partial charge is 0.417 e. The molecule has 1 heterocycles. The van der Waals surface area contributed by atoms with E-state index in [1.54, 1.807) is 0 Å². The SMILES string of the molecule is CCSCCN1CCCC(CNC(=O)c2ccccc2C(F)(F)F)C1.O=CO. The molecule has 0 radical (unpaired) electrons. The Balaban J connectivity index is 0.00000122. The normalized spacial score (nSPS) is 17.4. The molecule has 158 valence electrons. The second-order valence-electron chi connectivity index (χ2n) is 6.36. The number of nitrogens with zero attached hydrogens (tertiary/aromatic N) is 1. The van der Waals surface area contributed by atoms with E-state index in [4.69, 9.17) is 9.90 Å². The first kappa shape index (κ1) is 24.3. The number of halogens is 3. The molecule has 1 atom stereocenters. The Labute approximate surface area is 167 Å². The van der Waals surface area contributed by atoms with E-state index in [0.717, 1.165) is 50.0 Å². The summed E-state index contributed by atoms with van der Waals surface area (Å²) in [6.07, 6.45) is -2.46. The van der Waals surface area contributed by atoms with Crippen LogP contribution in [-0.4, -0.2) is 60.1 Å². The molecule has 0 spiro atoms. The standard InChI is InChI=1S/C18H25F3N2OS.CH2O2/c1-2-25-11-10-23-9-5-6-14(13-23)12-22-17(24)15-7-3-4-8-16(15)18(19,20)21;2-1-3/h3-4,7-8,14H,2,5-6,9-13H2,1H3,(H,22,24);1H,(H,2,3). The third kappa shape index (κ3) is 8.52. The number of carbonyl (C=O) groups is 2. The number of amides is 1. The zero-order chi connectivity index (χ0) is 21.0. The molecule has 1 amide bonds. The highest BCUT2D eigenvalue weighted by Gasteiger charge is 2.34. The number of hydrogen-bond acceptors (Lipinski definition) is 4. The number of hydrogen-bond donors (Lipinski definition) is 2. The van der Waals surface area contributed by atoms with E-state index in [1.165, 1.54) is 18.2 Å².